The van der Waals surface area contributed by atoms with Crippen LogP contribution in [0.15, 0.2) is 24.3 Å². The average Bonchev–Trinajstić information content (AvgIpc) is 2.61. The monoisotopic (exact) mass is 269 g/mol. The minimum absolute atomic E-state index is 0.115. The third kappa shape index (κ3) is 2.37. The van der Waals surface area contributed by atoms with Crippen molar-refractivity contribution in [1.82, 2.24) is 0 Å². The highest BCUT2D eigenvalue weighted by molar-refractivity contribution is 7.12. The summed E-state index contributed by atoms with van der Waals surface area (Å²) in [6.07, 6.45) is 0. The van der Waals surface area contributed by atoms with Gasteiger partial charge in [0.1, 0.15) is 5.82 Å². The van der Waals surface area contributed by atoms with Crippen molar-refractivity contribution in [3.05, 3.63) is 56.0 Å². The summed E-state index contributed by atoms with van der Waals surface area (Å²) < 4.78 is 13.9. The van der Waals surface area contributed by atoms with Gasteiger partial charge in [-0.05, 0) is 31.5 Å². The largest absolute Gasteiger partial charge is 0.320 e. The number of benzene rings is 1. The summed E-state index contributed by atoms with van der Waals surface area (Å²) in [6.45, 7) is 4.00. The van der Waals surface area contributed by atoms with Gasteiger partial charge in [-0.1, -0.05) is 23.7 Å². The normalized spacial score (nSPS) is 12.8. The second-order valence-electron chi connectivity index (χ2n) is 4.03. The highest BCUT2D eigenvalue weighted by atomic mass is 35.5. The molecule has 1 atom stereocenters. The van der Waals surface area contributed by atoms with Gasteiger partial charge in [0.2, 0.25) is 0 Å². The molecule has 17 heavy (non-hydrogen) atoms. The zero-order valence-electron chi connectivity index (χ0n) is 9.63. The molecule has 0 amide bonds. The molecule has 1 aromatic carbocycles. The van der Waals surface area contributed by atoms with Crippen LogP contribution in [0.25, 0.3) is 0 Å². The Labute approximate surface area is 109 Å². The standard InChI is InChI=1S/C13H13ClFNS/c1-7-6-8(2)17-13(7)12(16)9-4-3-5-10(14)11(9)15/h3-6,12H,16H2,1-2H3. The quantitative estimate of drug-likeness (QED) is 0.869. The number of rotatable bonds is 2. The van der Waals surface area contributed by atoms with Gasteiger partial charge in [0, 0.05) is 15.3 Å². The molecule has 0 saturated heterocycles. The first-order valence-electron chi connectivity index (χ1n) is 5.27. The van der Waals surface area contributed by atoms with Crippen LogP contribution >= 0.6 is 22.9 Å². The second kappa shape index (κ2) is 4.77. The lowest BCUT2D eigenvalue weighted by Crippen LogP contribution is -2.13. The van der Waals surface area contributed by atoms with Crippen molar-refractivity contribution in [3.63, 3.8) is 0 Å². The summed E-state index contributed by atoms with van der Waals surface area (Å²) in [5.74, 6) is -0.424. The number of hydrogen-bond donors (Lipinski definition) is 1. The Morgan fingerprint density at radius 3 is 2.65 bits per heavy atom. The molecule has 1 heterocycles. The molecule has 0 radical (unpaired) electrons. The van der Waals surface area contributed by atoms with E-state index in [9.17, 15) is 4.39 Å². The van der Waals surface area contributed by atoms with E-state index in [0.29, 0.717) is 5.56 Å². The van der Waals surface area contributed by atoms with Crippen LogP contribution in [-0.4, -0.2) is 0 Å². The molecular weight excluding hydrogens is 257 g/mol. The number of hydrogen-bond acceptors (Lipinski definition) is 2. The third-order valence-corrected chi connectivity index (χ3v) is 4.21. The first-order valence-corrected chi connectivity index (χ1v) is 6.46. The number of nitrogens with two attached hydrogens (primary N) is 1. The SMILES string of the molecule is Cc1cc(C)c(C(N)c2cccc(Cl)c2F)s1. The molecule has 1 aromatic heterocycles. The van der Waals surface area contributed by atoms with Crippen LogP contribution in [-0.2, 0) is 0 Å². The van der Waals surface area contributed by atoms with Gasteiger partial charge in [-0.25, -0.2) is 4.39 Å². The average molecular weight is 270 g/mol. The van der Waals surface area contributed by atoms with Crippen LogP contribution in [0.3, 0.4) is 0 Å². The molecule has 1 nitrogen and oxygen atoms in total. The molecule has 4 heteroatoms. The summed E-state index contributed by atoms with van der Waals surface area (Å²) in [5, 5.41) is 0.115. The minimum Gasteiger partial charge on any atom is -0.320 e. The zero-order valence-corrected chi connectivity index (χ0v) is 11.2. The van der Waals surface area contributed by atoms with E-state index in [1.54, 1.807) is 23.5 Å². The second-order valence-corrected chi connectivity index (χ2v) is 5.72. The Hall–Kier alpha value is -0.900. The van der Waals surface area contributed by atoms with Gasteiger partial charge >= 0.3 is 0 Å². The molecule has 0 saturated carbocycles. The van der Waals surface area contributed by atoms with Crippen LogP contribution in [0.1, 0.15) is 26.9 Å². The Morgan fingerprint density at radius 1 is 1.35 bits per heavy atom. The van der Waals surface area contributed by atoms with Crippen LogP contribution in [0.4, 0.5) is 4.39 Å². The third-order valence-electron chi connectivity index (χ3n) is 2.68. The van der Waals surface area contributed by atoms with Gasteiger partial charge < -0.3 is 5.73 Å². The Kier molecular flexibility index (Phi) is 3.52. The number of thiophene rings is 1. The molecule has 2 N–H and O–H groups in total. The molecule has 2 rings (SSSR count). The van der Waals surface area contributed by atoms with Crippen molar-refractivity contribution in [3.8, 4) is 0 Å². The highest BCUT2D eigenvalue weighted by Gasteiger charge is 2.18. The first kappa shape index (κ1) is 12.6. The van der Waals surface area contributed by atoms with Crippen LogP contribution in [0, 0.1) is 19.7 Å². The van der Waals surface area contributed by atoms with Gasteiger partial charge in [0.15, 0.2) is 0 Å². The van der Waals surface area contributed by atoms with E-state index >= 15 is 0 Å². The van der Waals surface area contributed by atoms with E-state index in [2.05, 4.69) is 6.07 Å². The summed E-state index contributed by atoms with van der Waals surface area (Å²) >= 11 is 7.36. The summed E-state index contributed by atoms with van der Waals surface area (Å²) in [7, 11) is 0. The Morgan fingerprint density at radius 2 is 2.06 bits per heavy atom. The molecule has 2 aromatic rings. The van der Waals surface area contributed by atoms with Crippen molar-refractivity contribution in [2.75, 3.05) is 0 Å². The molecule has 0 spiro atoms. The summed E-state index contributed by atoms with van der Waals surface area (Å²) in [4.78, 5) is 2.17. The Bertz CT molecular complexity index is 550. The van der Waals surface area contributed by atoms with E-state index < -0.39 is 11.9 Å². The highest BCUT2D eigenvalue weighted by Crippen LogP contribution is 2.32. The smallest absolute Gasteiger partial charge is 0.146 e. The molecular formula is C13H13ClFNS. The van der Waals surface area contributed by atoms with Crippen molar-refractivity contribution in [2.24, 2.45) is 5.73 Å². The van der Waals surface area contributed by atoms with Crippen molar-refractivity contribution in [2.45, 2.75) is 19.9 Å². The molecule has 1 unspecified atom stereocenters. The summed E-state index contributed by atoms with van der Waals surface area (Å²) in [5.41, 5.74) is 7.66. The molecule has 0 fully saturated rings. The van der Waals surface area contributed by atoms with E-state index in [-0.39, 0.29) is 5.02 Å². The maximum absolute atomic E-state index is 13.9. The maximum Gasteiger partial charge on any atom is 0.146 e. The topological polar surface area (TPSA) is 26.0 Å². The predicted molar refractivity (Wildman–Crippen MR) is 71.2 cm³/mol. The Balaban J connectivity index is 2.47. The first-order chi connectivity index (χ1) is 8.00. The fourth-order valence-corrected chi connectivity index (χ4v) is 3.11. The minimum atomic E-state index is -0.451. The van der Waals surface area contributed by atoms with Crippen molar-refractivity contribution < 1.29 is 4.39 Å². The van der Waals surface area contributed by atoms with Gasteiger partial charge in [0.25, 0.3) is 0 Å². The maximum atomic E-state index is 13.9. The van der Waals surface area contributed by atoms with Gasteiger partial charge in [-0.2, -0.15) is 0 Å². The van der Waals surface area contributed by atoms with Crippen LogP contribution in [0.5, 0.6) is 0 Å². The fraction of sp³-hybridized carbons (Fsp3) is 0.231. The molecule has 0 aliphatic heterocycles. The molecule has 90 valence electrons. The van der Waals surface area contributed by atoms with Gasteiger partial charge in [-0.15, -0.1) is 11.3 Å². The van der Waals surface area contributed by atoms with E-state index in [1.807, 2.05) is 13.8 Å². The van der Waals surface area contributed by atoms with E-state index in [4.69, 9.17) is 17.3 Å². The van der Waals surface area contributed by atoms with Gasteiger partial charge in [0.05, 0.1) is 11.1 Å². The lowest BCUT2D eigenvalue weighted by atomic mass is 10.0. The van der Waals surface area contributed by atoms with Crippen molar-refractivity contribution >= 4 is 22.9 Å². The van der Waals surface area contributed by atoms with Crippen molar-refractivity contribution in [1.29, 1.82) is 0 Å². The molecule has 0 aliphatic rings. The van der Waals surface area contributed by atoms with E-state index in [1.165, 1.54) is 10.9 Å². The van der Waals surface area contributed by atoms with Crippen LogP contribution in [0.2, 0.25) is 5.02 Å². The lowest BCUT2D eigenvalue weighted by molar-refractivity contribution is 0.601. The zero-order chi connectivity index (χ0) is 12.6. The van der Waals surface area contributed by atoms with Crippen LogP contribution < -0.4 is 5.73 Å². The van der Waals surface area contributed by atoms with E-state index in [0.717, 1.165) is 10.4 Å². The molecule has 0 aliphatic carbocycles. The predicted octanol–water partition coefficient (Wildman–Crippen LogP) is 4.21. The number of halogens is 2. The fourth-order valence-electron chi connectivity index (χ4n) is 1.87. The molecule has 0 bridgehead atoms. The lowest BCUT2D eigenvalue weighted by Gasteiger charge is -2.13. The van der Waals surface area contributed by atoms with Gasteiger partial charge in [-0.3, -0.25) is 0 Å². The number of aryl methyl sites for hydroxylation is 2. The summed E-state index contributed by atoms with van der Waals surface area (Å²) in [6, 6.07) is 6.53.